The third kappa shape index (κ3) is 6.22. The third-order valence-corrected chi connectivity index (χ3v) is 11.2. The number of benzene rings is 1. The van der Waals surface area contributed by atoms with Gasteiger partial charge in [-0.2, -0.15) is 0 Å². The van der Waals surface area contributed by atoms with E-state index in [2.05, 4.69) is 40.8 Å². The Kier molecular flexibility index (Phi) is 8.59. The van der Waals surface area contributed by atoms with Crippen molar-refractivity contribution < 1.29 is 14.3 Å². The molecule has 5 heteroatoms. The molecule has 0 aromatic heterocycles. The molecule has 0 unspecified atom stereocenters. The second kappa shape index (κ2) is 9.54. The Morgan fingerprint density at radius 3 is 2.19 bits per heavy atom. The minimum Gasteiger partial charge on any atom is -0.414 e. The van der Waals surface area contributed by atoms with Gasteiger partial charge in [-0.25, -0.2) is 0 Å². The number of hydrogen-bond acceptors (Lipinski definition) is 4. The van der Waals surface area contributed by atoms with Crippen LogP contribution in [0.5, 0.6) is 0 Å². The molecule has 0 spiro atoms. The van der Waals surface area contributed by atoms with Crippen LogP contribution in [0.3, 0.4) is 0 Å². The van der Waals surface area contributed by atoms with Gasteiger partial charge in [0.2, 0.25) is 0 Å². The van der Waals surface area contributed by atoms with Crippen molar-refractivity contribution in [3.8, 4) is 0 Å². The van der Waals surface area contributed by atoms with Crippen molar-refractivity contribution in [2.75, 3.05) is 0 Å². The van der Waals surface area contributed by atoms with Crippen LogP contribution in [0.25, 0.3) is 0 Å². The quantitative estimate of drug-likeness (QED) is 0.449. The summed E-state index contributed by atoms with van der Waals surface area (Å²) in [5, 5.41) is 11.0. The zero-order valence-corrected chi connectivity index (χ0v) is 19.4. The summed E-state index contributed by atoms with van der Waals surface area (Å²) in [6.07, 6.45) is 0.0774. The van der Waals surface area contributed by atoms with E-state index < -0.39 is 20.3 Å². The minimum absolute atomic E-state index is 0.00210. The topological polar surface area (TPSA) is 46.5 Å². The summed E-state index contributed by atoms with van der Waals surface area (Å²) in [6, 6.07) is 9.60. The van der Waals surface area contributed by atoms with E-state index in [1.165, 1.54) is 11.8 Å². The van der Waals surface area contributed by atoms with Crippen LogP contribution in [0.15, 0.2) is 35.2 Å². The fourth-order valence-electron chi connectivity index (χ4n) is 2.63. The molecular formula is C21H36O3SSi. The Morgan fingerprint density at radius 2 is 1.73 bits per heavy atom. The molecule has 0 aliphatic heterocycles. The third-order valence-electron chi connectivity index (χ3n) is 5.63. The summed E-state index contributed by atoms with van der Waals surface area (Å²) in [7, 11) is -1.92. The van der Waals surface area contributed by atoms with Gasteiger partial charge >= 0.3 is 0 Å². The first kappa shape index (κ1) is 23.4. The first-order valence-electron chi connectivity index (χ1n) is 9.53. The van der Waals surface area contributed by atoms with Crippen molar-refractivity contribution in [1.29, 1.82) is 0 Å². The molecule has 0 fully saturated rings. The van der Waals surface area contributed by atoms with Gasteiger partial charge in [-0.05, 0) is 36.7 Å². The second-order valence-corrected chi connectivity index (χ2v) is 14.5. The first-order chi connectivity index (χ1) is 11.9. The highest BCUT2D eigenvalue weighted by atomic mass is 32.2. The Balaban J connectivity index is 2.79. The number of carbonyl (C=O) groups is 1. The average molecular weight is 397 g/mol. The lowest BCUT2D eigenvalue weighted by Gasteiger charge is -2.42. The average Bonchev–Trinajstić information content (AvgIpc) is 2.57. The molecule has 0 heterocycles. The highest BCUT2D eigenvalue weighted by Crippen LogP contribution is 2.39. The van der Waals surface area contributed by atoms with E-state index in [1.807, 2.05) is 44.2 Å². The normalized spacial score (nSPS) is 17.4. The van der Waals surface area contributed by atoms with Crippen LogP contribution in [0, 0.1) is 11.8 Å². The van der Waals surface area contributed by atoms with E-state index in [0.717, 1.165) is 11.3 Å². The smallest absolute Gasteiger partial charge is 0.199 e. The molecule has 1 rings (SSSR count). The van der Waals surface area contributed by atoms with Crippen molar-refractivity contribution in [1.82, 2.24) is 0 Å². The molecule has 0 bridgehead atoms. The molecule has 148 valence electrons. The number of aliphatic hydroxyl groups excluding tert-OH is 1. The van der Waals surface area contributed by atoms with Crippen LogP contribution in [0.1, 0.15) is 48.0 Å². The second-order valence-electron chi connectivity index (χ2n) is 8.70. The van der Waals surface area contributed by atoms with Crippen molar-refractivity contribution in [3.05, 3.63) is 30.3 Å². The van der Waals surface area contributed by atoms with Gasteiger partial charge in [0.15, 0.2) is 13.4 Å². The Hall–Kier alpha value is -0.623. The molecule has 26 heavy (non-hydrogen) atoms. The van der Waals surface area contributed by atoms with E-state index >= 15 is 0 Å². The maximum atomic E-state index is 12.6. The van der Waals surface area contributed by atoms with Crippen molar-refractivity contribution in [2.45, 2.75) is 83.2 Å². The van der Waals surface area contributed by atoms with E-state index in [-0.39, 0.29) is 22.2 Å². The van der Waals surface area contributed by atoms with Crippen LogP contribution < -0.4 is 0 Å². The van der Waals surface area contributed by atoms with Crippen molar-refractivity contribution in [2.24, 2.45) is 11.8 Å². The molecule has 4 atom stereocenters. The van der Waals surface area contributed by atoms with E-state index in [4.69, 9.17) is 4.43 Å². The number of carbonyl (C=O) groups excluding carboxylic acids is 1. The monoisotopic (exact) mass is 396 g/mol. The number of rotatable bonds is 8. The van der Waals surface area contributed by atoms with Gasteiger partial charge < -0.3 is 9.53 Å². The molecule has 1 N–H and O–H groups in total. The molecule has 0 saturated carbocycles. The maximum absolute atomic E-state index is 12.6. The summed E-state index contributed by atoms with van der Waals surface area (Å²) < 4.78 is 6.54. The zero-order valence-electron chi connectivity index (χ0n) is 17.6. The molecule has 3 nitrogen and oxygen atoms in total. The summed E-state index contributed by atoms with van der Waals surface area (Å²) >= 11 is 1.20. The lowest BCUT2D eigenvalue weighted by atomic mass is 9.89. The fourth-order valence-corrected chi connectivity index (χ4v) is 4.97. The van der Waals surface area contributed by atoms with Crippen molar-refractivity contribution in [3.63, 3.8) is 0 Å². The maximum Gasteiger partial charge on any atom is 0.199 e. The highest BCUT2D eigenvalue weighted by Gasteiger charge is 2.41. The van der Waals surface area contributed by atoms with Gasteiger partial charge in [0.1, 0.15) is 0 Å². The van der Waals surface area contributed by atoms with Gasteiger partial charge in [0, 0.05) is 16.9 Å². The largest absolute Gasteiger partial charge is 0.414 e. The van der Waals surface area contributed by atoms with Crippen LogP contribution in [-0.4, -0.2) is 30.7 Å². The van der Waals surface area contributed by atoms with Gasteiger partial charge in [0.25, 0.3) is 0 Å². The summed E-state index contributed by atoms with van der Waals surface area (Å²) in [5.74, 6) is -0.531. The lowest BCUT2D eigenvalue weighted by Crippen LogP contribution is -2.48. The highest BCUT2D eigenvalue weighted by molar-refractivity contribution is 8.13. The van der Waals surface area contributed by atoms with Crippen LogP contribution in [-0.2, 0) is 9.22 Å². The SMILES string of the molecule is CC[C@@H](O[Si](C)(C)C(C)(C)C)[C@H](C)[C@H](O)[C@@H](C)C(=O)Sc1ccccc1. The molecule has 0 aliphatic carbocycles. The van der Waals surface area contributed by atoms with E-state index in [1.54, 1.807) is 0 Å². The number of thioether (sulfide) groups is 1. The van der Waals surface area contributed by atoms with Crippen LogP contribution in [0.4, 0.5) is 0 Å². The van der Waals surface area contributed by atoms with Crippen LogP contribution >= 0.6 is 11.8 Å². The van der Waals surface area contributed by atoms with Gasteiger partial charge in [0.05, 0.1) is 12.0 Å². The Morgan fingerprint density at radius 1 is 1.19 bits per heavy atom. The van der Waals surface area contributed by atoms with E-state index in [9.17, 15) is 9.90 Å². The number of hydrogen-bond donors (Lipinski definition) is 1. The Bertz CT molecular complexity index is 568. The molecule has 0 saturated heterocycles. The van der Waals surface area contributed by atoms with Gasteiger partial charge in [-0.3, -0.25) is 4.79 Å². The number of aliphatic hydroxyl groups is 1. The summed E-state index contributed by atoms with van der Waals surface area (Å²) in [5.41, 5.74) is 0. The molecule has 0 amide bonds. The summed E-state index contributed by atoms with van der Waals surface area (Å²) in [4.78, 5) is 13.5. The zero-order chi connectivity index (χ0) is 20.1. The molecule has 1 aromatic carbocycles. The van der Waals surface area contributed by atoms with Crippen molar-refractivity contribution >= 4 is 25.2 Å². The standard InChI is InChI=1S/C21H36O3SSi/c1-9-18(24-26(7,8)21(4,5)6)15(2)19(22)16(3)20(23)25-17-13-11-10-12-14-17/h10-16,18-19,22H,9H2,1-8H3/t15-,16+,18+,19-/m0/s1. The molecule has 0 aliphatic rings. The molecule has 0 radical (unpaired) electrons. The van der Waals surface area contributed by atoms with Gasteiger partial charge in [-0.1, -0.05) is 71.5 Å². The predicted molar refractivity (Wildman–Crippen MR) is 114 cm³/mol. The molecule has 1 aromatic rings. The lowest BCUT2D eigenvalue weighted by molar-refractivity contribution is -0.119. The minimum atomic E-state index is -1.92. The first-order valence-corrected chi connectivity index (χ1v) is 13.3. The van der Waals surface area contributed by atoms with E-state index in [0.29, 0.717) is 0 Å². The Labute approximate surface area is 165 Å². The van der Waals surface area contributed by atoms with Gasteiger partial charge in [-0.15, -0.1) is 0 Å². The fraction of sp³-hybridized carbons (Fsp3) is 0.667. The predicted octanol–water partition coefficient (Wildman–Crippen LogP) is 5.74. The van der Waals surface area contributed by atoms with Crippen LogP contribution in [0.2, 0.25) is 18.1 Å². The summed E-state index contributed by atoms with van der Waals surface area (Å²) in [6.45, 7) is 17.0. The molecular weight excluding hydrogens is 360 g/mol.